The minimum absolute atomic E-state index is 0.100. The highest BCUT2D eigenvalue weighted by Crippen LogP contribution is 2.18. The van der Waals surface area contributed by atoms with Crippen molar-refractivity contribution in [2.24, 2.45) is 0 Å². The summed E-state index contributed by atoms with van der Waals surface area (Å²) in [7, 11) is -2.20. The van der Waals surface area contributed by atoms with Crippen LogP contribution in [0.4, 0.5) is 5.82 Å². The molecular formula is C11H10ClN3O3S. The first-order valence-electron chi connectivity index (χ1n) is 5.16. The first-order chi connectivity index (χ1) is 9.01. The molecule has 0 fully saturated rings. The molecule has 2 rings (SSSR count). The van der Waals surface area contributed by atoms with E-state index in [9.17, 15) is 8.42 Å². The normalized spacial score (nSPS) is 11.1. The standard InChI is InChI=1S/C11H10ClN3O3S/c1-18-8-2-4-9(5-3-8)19(16,17)15-11-6-10(12)13-7-14-11/h2-7H,1H3,(H,13,14,15). The summed E-state index contributed by atoms with van der Waals surface area (Å²) in [5.41, 5.74) is 0. The second-order valence-electron chi connectivity index (χ2n) is 3.51. The highest BCUT2D eigenvalue weighted by molar-refractivity contribution is 7.92. The van der Waals surface area contributed by atoms with E-state index in [4.69, 9.17) is 16.3 Å². The number of hydrogen-bond acceptors (Lipinski definition) is 5. The van der Waals surface area contributed by atoms with Gasteiger partial charge in [0.2, 0.25) is 0 Å². The number of hydrogen-bond donors (Lipinski definition) is 1. The average molecular weight is 300 g/mol. The topological polar surface area (TPSA) is 81.2 Å². The molecule has 0 saturated carbocycles. The number of anilines is 1. The van der Waals surface area contributed by atoms with Crippen molar-refractivity contribution in [2.75, 3.05) is 11.8 Å². The lowest BCUT2D eigenvalue weighted by Crippen LogP contribution is -2.13. The number of rotatable bonds is 4. The van der Waals surface area contributed by atoms with Crippen molar-refractivity contribution in [3.63, 3.8) is 0 Å². The van der Waals surface area contributed by atoms with E-state index >= 15 is 0 Å². The van der Waals surface area contributed by atoms with Crippen molar-refractivity contribution in [2.45, 2.75) is 4.90 Å². The van der Waals surface area contributed by atoms with Crippen LogP contribution in [0.1, 0.15) is 0 Å². The molecule has 0 unspecified atom stereocenters. The van der Waals surface area contributed by atoms with E-state index in [1.807, 2.05) is 0 Å². The maximum absolute atomic E-state index is 12.1. The van der Waals surface area contributed by atoms with Gasteiger partial charge in [-0.15, -0.1) is 0 Å². The Balaban J connectivity index is 2.27. The van der Waals surface area contributed by atoms with Gasteiger partial charge in [0.1, 0.15) is 23.0 Å². The minimum atomic E-state index is -3.71. The fourth-order valence-corrected chi connectivity index (χ4v) is 2.49. The van der Waals surface area contributed by atoms with Gasteiger partial charge in [-0.2, -0.15) is 0 Å². The van der Waals surface area contributed by atoms with Crippen molar-refractivity contribution in [1.82, 2.24) is 9.97 Å². The maximum atomic E-state index is 12.1. The zero-order valence-corrected chi connectivity index (χ0v) is 11.4. The van der Waals surface area contributed by atoms with Gasteiger partial charge in [-0.1, -0.05) is 11.6 Å². The molecule has 0 atom stereocenters. The predicted molar refractivity (Wildman–Crippen MR) is 70.8 cm³/mol. The first kappa shape index (κ1) is 13.6. The van der Waals surface area contributed by atoms with Crippen LogP contribution in [-0.4, -0.2) is 25.5 Å². The Hall–Kier alpha value is -1.86. The zero-order valence-electron chi connectivity index (χ0n) is 9.87. The summed E-state index contributed by atoms with van der Waals surface area (Å²) in [6, 6.07) is 7.31. The van der Waals surface area contributed by atoms with Gasteiger partial charge in [0, 0.05) is 6.07 Å². The van der Waals surface area contributed by atoms with Crippen LogP contribution < -0.4 is 9.46 Å². The number of benzene rings is 1. The summed E-state index contributed by atoms with van der Waals surface area (Å²) >= 11 is 5.66. The molecular weight excluding hydrogens is 290 g/mol. The summed E-state index contributed by atoms with van der Waals surface area (Å²) in [4.78, 5) is 7.54. The Morgan fingerprint density at radius 3 is 2.47 bits per heavy atom. The highest BCUT2D eigenvalue weighted by Gasteiger charge is 2.15. The molecule has 0 radical (unpaired) electrons. The van der Waals surface area contributed by atoms with Gasteiger partial charge in [-0.3, -0.25) is 4.72 Å². The lowest BCUT2D eigenvalue weighted by molar-refractivity contribution is 0.414. The second kappa shape index (κ2) is 5.41. The minimum Gasteiger partial charge on any atom is -0.497 e. The molecule has 1 heterocycles. The fourth-order valence-electron chi connectivity index (χ4n) is 1.34. The monoisotopic (exact) mass is 299 g/mol. The van der Waals surface area contributed by atoms with Crippen molar-refractivity contribution in [3.8, 4) is 5.75 Å². The number of nitrogens with one attached hydrogen (secondary N) is 1. The van der Waals surface area contributed by atoms with E-state index < -0.39 is 10.0 Å². The highest BCUT2D eigenvalue weighted by atomic mass is 35.5. The van der Waals surface area contributed by atoms with Gasteiger partial charge in [-0.05, 0) is 24.3 Å². The number of sulfonamides is 1. The molecule has 2 aromatic rings. The summed E-state index contributed by atoms with van der Waals surface area (Å²) < 4.78 is 31.4. The van der Waals surface area contributed by atoms with Gasteiger partial charge in [0.05, 0.1) is 12.0 Å². The Morgan fingerprint density at radius 1 is 1.21 bits per heavy atom. The summed E-state index contributed by atoms with van der Waals surface area (Å²) in [6.45, 7) is 0. The van der Waals surface area contributed by atoms with Gasteiger partial charge in [0.15, 0.2) is 0 Å². The SMILES string of the molecule is COc1ccc(S(=O)(=O)Nc2cc(Cl)ncn2)cc1. The Morgan fingerprint density at radius 2 is 1.89 bits per heavy atom. The molecule has 0 amide bonds. The molecule has 0 spiro atoms. The third kappa shape index (κ3) is 3.33. The van der Waals surface area contributed by atoms with E-state index in [2.05, 4.69) is 14.7 Å². The number of nitrogens with zero attached hydrogens (tertiary/aromatic N) is 2. The first-order valence-corrected chi connectivity index (χ1v) is 7.02. The third-order valence-corrected chi connectivity index (χ3v) is 3.82. The summed E-state index contributed by atoms with van der Waals surface area (Å²) in [6.07, 6.45) is 1.17. The van der Waals surface area contributed by atoms with Crippen molar-refractivity contribution >= 4 is 27.4 Å². The van der Waals surface area contributed by atoms with E-state index in [0.717, 1.165) is 0 Å². The lowest BCUT2D eigenvalue weighted by atomic mass is 10.3. The second-order valence-corrected chi connectivity index (χ2v) is 5.58. The van der Waals surface area contributed by atoms with E-state index in [0.29, 0.717) is 5.75 Å². The van der Waals surface area contributed by atoms with Crippen molar-refractivity contribution in [3.05, 3.63) is 41.8 Å². The van der Waals surface area contributed by atoms with Crippen LogP contribution in [0.5, 0.6) is 5.75 Å². The maximum Gasteiger partial charge on any atom is 0.263 e. The Kier molecular flexibility index (Phi) is 3.87. The molecule has 0 saturated heterocycles. The Labute approximate surface area is 115 Å². The number of ether oxygens (including phenoxy) is 1. The molecule has 0 aliphatic carbocycles. The zero-order chi connectivity index (χ0) is 13.9. The van der Waals surface area contributed by atoms with Crippen LogP contribution >= 0.6 is 11.6 Å². The molecule has 100 valence electrons. The summed E-state index contributed by atoms with van der Waals surface area (Å²) in [5.74, 6) is 0.680. The average Bonchev–Trinajstić information content (AvgIpc) is 2.38. The largest absolute Gasteiger partial charge is 0.497 e. The fraction of sp³-hybridized carbons (Fsp3) is 0.0909. The molecule has 0 bridgehead atoms. The number of halogens is 1. The number of methoxy groups -OCH3 is 1. The molecule has 1 aromatic carbocycles. The number of aromatic nitrogens is 2. The summed E-state index contributed by atoms with van der Waals surface area (Å²) in [5, 5.41) is 0.155. The van der Waals surface area contributed by atoms with Gasteiger partial charge >= 0.3 is 0 Å². The van der Waals surface area contributed by atoms with Crippen molar-refractivity contribution < 1.29 is 13.2 Å². The van der Waals surface area contributed by atoms with Gasteiger partial charge in [-0.25, -0.2) is 18.4 Å². The quantitative estimate of drug-likeness (QED) is 0.873. The predicted octanol–water partition coefficient (Wildman–Crippen LogP) is 1.94. The van der Waals surface area contributed by atoms with E-state index in [1.165, 1.54) is 31.6 Å². The van der Waals surface area contributed by atoms with Crippen LogP contribution in [0.3, 0.4) is 0 Å². The molecule has 1 N–H and O–H groups in total. The van der Waals surface area contributed by atoms with Gasteiger partial charge < -0.3 is 4.74 Å². The van der Waals surface area contributed by atoms with Crippen LogP contribution in [0.25, 0.3) is 0 Å². The molecule has 0 aliphatic heterocycles. The third-order valence-electron chi connectivity index (χ3n) is 2.24. The molecule has 8 heteroatoms. The van der Waals surface area contributed by atoms with Crippen LogP contribution in [-0.2, 0) is 10.0 Å². The van der Waals surface area contributed by atoms with Crippen LogP contribution in [0, 0.1) is 0 Å². The van der Waals surface area contributed by atoms with E-state index in [1.54, 1.807) is 12.1 Å². The van der Waals surface area contributed by atoms with Gasteiger partial charge in [0.25, 0.3) is 10.0 Å². The van der Waals surface area contributed by atoms with Crippen molar-refractivity contribution in [1.29, 1.82) is 0 Å². The molecule has 6 nitrogen and oxygen atoms in total. The molecule has 0 aliphatic rings. The molecule has 1 aromatic heterocycles. The molecule has 19 heavy (non-hydrogen) atoms. The van der Waals surface area contributed by atoms with E-state index in [-0.39, 0.29) is 15.9 Å². The van der Waals surface area contributed by atoms with Crippen LogP contribution in [0.15, 0.2) is 41.6 Å². The Bertz CT molecular complexity index is 674. The smallest absolute Gasteiger partial charge is 0.263 e. The lowest BCUT2D eigenvalue weighted by Gasteiger charge is -2.07. The van der Waals surface area contributed by atoms with Crippen LogP contribution in [0.2, 0.25) is 5.15 Å².